The molecule has 13 heavy (non-hydrogen) atoms. The average Bonchev–Trinajstić information content (AvgIpc) is 2.16. The fraction of sp³-hybridized carbons (Fsp3) is 0.667. The number of carbonyl (C=O) groups is 1. The Bertz CT molecular complexity index is 145. The Balaban J connectivity index is 2.99. The van der Waals surface area contributed by atoms with Crippen LogP contribution in [0.2, 0.25) is 0 Å². The van der Waals surface area contributed by atoms with Crippen LogP contribution in [0.3, 0.4) is 0 Å². The summed E-state index contributed by atoms with van der Waals surface area (Å²) in [6, 6.07) is 0. The molecular formula is C9H16O4. The average molecular weight is 188 g/mol. The van der Waals surface area contributed by atoms with E-state index in [0.717, 1.165) is 0 Å². The van der Waals surface area contributed by atoms with Gasteiger partial charge in [-0.15, -0.1) is 0 Å². The molecule has 0 aliphatic carbocycles. The van der Waals surface area contributed by atoms with Crippen molar-refractivity contribution in [2.45, 2.75) is 13.3 Å². The van der Waals surface area contributed by atoms with Gasteiger partial charge in [0.2, 0.25) is 0 Å². The summed E-state index contributed by atoms with van der Waals surface area (Å²) in [5.41, 5.74) is 0. The van der Waals surface area contributed by atoms with Crippen molar-refractivity contribution in [2.75, 3.05) is 26.4 Å². The summed E-state index contributed by atoms with van der Waals surface area (Å²) in [7, 11) is 0. The van der Waals surface area contributed by atoms with E-state index in [0.29, 0.717) is 32.8 Å². The van der Waals surface area contributed by atoms with Gasteiger partial charge < -0.3 is 14.2 Å². The van der Waals surface area contributed by atoms with E-state index in [1.54, 1.807) is 6.92 Å². The van der Waals surface area contributed by atoms with Crippen LogP contribution >= 0.6 is 0 Å². The lowest BCUT2D eigenvalue weighted by Crippen LogP contribution is -2.11. The lowest BCUT2D eigenvalue weighted by molar-refractivity contribution is -0.144. The normalized spacial score (nSPS) is 9.31. The zero-order valence-corrected chi connectivity index (χ0v) is 7.95. The topological polar surface area (TPSA) is 44.8 Å². The zero-order chi connectivity index (χ0) is 9.94. The predicted octanol–water partition coefficient (Wildman–Crippen LogP) is 1.12. The Morgan fingerprint density at radius 2 is 2.00 bits per heavy atom. The first-order valence-corrected chi connectivity index (χ1v) is 4.27. The summed E-state index contributed by atoms with van der Waals surface area (Å²) in [5.74, 6) is -0.203. The molecule has 0 saturated heterocycles. The van der Waals surface area contributed by atoms with E-state index in [2.05, 4.69) is 6.58 Å². The van der Waals surface area contributed by atoms with E-state index in [-0.39, 0.29) is 5.97 Å². The quantitative estimate of drug-likeness (QED) is 0.325. The monoisotopic (exact) mass is 188 g/mol. The summed E-state index contributed by atoms with van der Waals surface area (Å²) in [6.07, 6.45) is 1.76. The van der Waals surface area contributed by atoms with Crippen LogP contribution in [-0.4, -0.2) is 32.4 Å². The molecule has 0 fully saturated rings. The van der Waals surface area contributed by atoms with E-state index in [1.807, 2.05) is 0 Å². The third-order valence-electron chi connectivity index (χ3n) is 1.24. The molecule has 4 heteroatoms. The Kier molecular flexibility index (Phi) is 8.34. The summed E-state index contributed by atoms with van der Waals surface area (Å²) < 4.78 is 14.7. The second kappa shape index (κ2) is 9.06. The molecule has 0 aliphatic heterocycles. The van der Waals surface area contributed by atoms with Crippen LogP contribution in [0.25, 0.3) is 0 Å². The minimum atomic E-state index is -0.203. The molecule has 0 saturated carbocycles. The molecule has 0 aromatic rings. The molecule has 0 heterocycles. The van der Waals surface area contributed by atoms with Gasteiger partial charge in [-0.3, -0.25) is 4.79 Å². The summed E-state index contributed by atoms with van der Waals surface area (Å²) in [6.45, 7) is 6.81. The largest absolute Gasteiger partial charge is 0.499 e. The number of esters is 1. The maximum atomic E-state index is 10.6. The Hall–Kier alpha value is -1.03. The SMILES string of the molecule is C=COCCOCCOC(=O)CC. The van der Waals surface area contributed by atoms with Gasteiger partial charge in [0.25, 0.3) is 0 Å². The molecule has 0 aromatic carbocycles. The standard InChI is InChI=1S/C9H16O4/c1-3-9(10)13-8-7-12-6-5-11-4-2/h4H,2-3,5-8H2,1H3. The Morgan fingerprint density at radius 3 is 2.62 bits per heavy atom. The second-order valence-corrected chi connectivity index (χ2v) is 2.22. The van der Waals surface area contributed by atoms with Crippen LogP contribution < -0.4 is 0 Å². The molecule has 0 unspecified atom stereocenters. The van der Waals surface area contributed by atoms with Crippen molar-refractivity contribution in [2.24, 2.45) is 0 Å². The van der Waals surface area contributed by atoms with Crippen LogP contribution in [0.15, 0.2) is 12.8 Å². The lowest BCUT2D eigenvalue weighted by atomic mass is 10.5. The minimum absolute atomic E-state index is 0.203. The van der Waals surface area contributed by atoms with E-state index < -0.39 is 0 Å². The molecular weight excluding hydrogens is 172 g/mol. The fourth-order valence-electron chi connectivity index (χ4n) is 0.609. The van der Waals surface area contributed by atoms with Gasteiger partial charge >= 0.3 is 5.97 Å². The molecule has 0 aliphatic rings. The van der Waals surface area contributed by atoms with E-state index >= 15 is 0 Å². The molecule has 0 amide bonds. The highest BCUT2D eigenvalue weighted by molar-refractivity contribution is 5.68. The molecule has 76 valence electrons. The first-order chi connectivity index (χ1) is 6.31. The lowest BCUT2D eigenvalue weighted by Gasteiger charge is -2.04. The van der Waals surface area contributed by atoms with Crippen LogP contribution in [0, 0.1) is 0 Å². The highest BCUT2D eigenvalue weighted by Crippen LogP contribution is 1.85. The van der Waals surface area contributed by atoms with Gasteiger partial charge in [0.15, 0.2) is 0 Å². The van der Waals surface area contributed by atoms with Crippen molar-refractivity contribution < 1.29 is 19.0 Å². The third-order valence-corrected chi connectivity index (χ3v) is 1.24. The number of hydrogen-bond acceptors (Lipinski definition) is 4. The number of ether oxygens (including phenoxy) is 3. The van der Waals surface area contributed by atoms with Crippen molar-refractivity contribution in [1.29, 1.82) is 0 Å². The van der Waals surface area contributed by atoms with Gasteiger partial charge in [0, 0.05) is 6.42 Å². The van der Waals surface area contributed by atoms with Gasteiger partial charge in [-0.05, 0) is 0 Å². The smallest absolute Gasteiger partial charge is 0.305 e. The van der Waals surface area contributed by atoms with E-state index in [4.69, 9.17) is 14.2 Å². The van der Waals surface area contributed by atoms with Crippen LogP contribution in [0.5, 0.6) is 0 Å². The van der Waals surface area contributed by atoms with Crippen molar-refractivity contribution >= 4 is 5.97 Å². The summed E-state index contributed by atoms with van der Waals surface area (Å²) in [4.78, 5) is 10.6. The van der Waals surface area contributed by atoms with Crippen molar-refractivity contribution in [3.8, 4) is 0 Å². The highest BCUT2D eigenvalue weighted by atomic mass is 16.6. The van der Waals surface area contributed by atoms with Gasteiger partial charge in [-0.25, -0.2) is 0 Å². The van der Waals surface area contributed by atoms with E-state index in [1.165, 1.54) is 6.26 Å². The number of hydrogen-bond donors (Lipinski definition) is 0. The third kappa shape index (κ3) is 8.88. The summed E-state index contributed by atoms with van der Waals surface area (Å²) in [5, 5.41) is 0. The van der Waals surface area contributed by atoms with Crippen LogP contribution in [0.1, 0.15) is 13.3 Å². The van der Waals surface area contributed by atoms with Crippen molar-refractivity contribution in [1.82, 2.24) is 0 Å². The molecule has 0 spiro atoms. The van der Waals surface area contributed by atoms with Gasteiger partial charge in [-0.1, -0.05) is 13.5 Å². The highest BCUT2D eigenvalue weighted by Gasteiger charge is 1.96. The van der Waals surface area contributed by atoms with Crippen LogP contribution in [-0.2, 0) is 19.0 Å². The number of rotatable bonds is 8. The molecule has 0 aromatic heterocycles. The number of carbonyl (C=O) groups excluding carboxylic acids is 1. The first kappa shape index (κ1) is 12.0. The Labute approximate surface area is 78.5 Å². The minimum Gasteiger partial charge on any atom is -0.499 e. The maximum absolute atomic E-state index is 10.6. The van der Waals surface area contributed by atoms with Gasteiger partial charge in [0.1, 0.15) is 13.2 Å². The Morgan fingerprint density at radius 1 is 1.31 bits per heavy atom. The second-order valence-electron chi connectivity index (χ2n) is 2.22. The van der Waals surface area contributed by atoms with E-state index in [9.17, 15) is 4.79 Å². The predicted molar refractivity (Wildman–Crippen MR) is 48.2 cm³/mol. The van der Waals surface area contributed by atoms with Crippen molar-refractivity contribution in [3.05, 3.63) is 12.8 Å². The maximum Gasteiger partial charge on any atom is 0.305 e. The van der Waals surface area contributed by atoms with Crippen LogP contribution in [0.4, 0.5) is 0 Å². The molecule has 0 atom stereocenters. The van der Waals surface area contributed by atoms with Crippen molar-refractivity contribution in [3.63, 3.8) is 0 Å². The fourth-order valence-corrected chi connectivity index (χ4v) is 0.609. The molecule has 0 bridgehead atoms. The van der Waals surface area contributed by atoms with Gasteiger partial charge in [-0.2, -0.15) is 0 Å². The molecule has 0 rings (SSSR count). The van der Waals surface area contributed by atoms with Gasteiger partial charge in [0.05, 0.1) is 19.5 Å². The summed E-state index contributed by atoms with van der Waals surface area (Å²) >= 11 is 0. The zero-order valence-electron chi connectivity index (χ0n) is 7.95. The first-order valence-electron chi connectivity index (χ1n) is 4.27. The molecule has 0 radical (unpaired) electrons. The molecule has 0 N–H and O–H groups in total. The molecule has 4 nitrogen and oxygen atoms in total.